The summed E-state index contributed by atoms with van der Waals surface area (Å²) in [7, 11) is 5.55. The standard InChI is InChI=1S/C19H30N6O3/c1-19(2,3)28-18(27)20-12-8-7-9-25(11-12)13-10-14(23(4)5)21-16-15(13)22-17(26)24(16)6/h10,12H,7-9,11H2,1-6H3,(H,20,27)(H,22,26). The molecule has 0 aliphatic carbocycles. The number of pyridine rings is 1. The molecule has 1 unspecified atom stereocenters. The molecular weight excluding hydrogens is 360 g/mol. The van der Waals surface area contributed by atoms with Gasteiger partial charge in [-0.2, -0.15) is 0 Å². The van der Waals surface area contributed by atoms with Crippen molar-refractivity contribution in [1.29, 1.82) is 0 Å². The zero-order valence-electron chi connectivity index (χ0n) is 17.5. The smallest absolute Gasteiger partial charge is 0.407 e. The second-order valence-corrected chi connectivity index (χ2v) is 8.51. The highest BCUT2D eigenvalue weighted by atomic mass is 16.6. The highest BCUT2D eigenvalue weighted by molar-refractivity contribution is 5.88. The molecular formula is C19H30N6O3. The maximum absolute atomic E-state index is 12.2. The third-order valence-electron chi connectivity index (χ3n) is 4.76. The van der Waals surface area contributed by atoms with Crippen molar-refractivity contribution in [1.82, 2.24) is 19.9 Å². The Kier molecular flexibility index (Phi) is 5.27. The number of imidazole rings is 1. The summed E-state index contributed by atoms with van der Waals surface area (Å²) in [6.07, 6.45) is 1.41. The van der Waals surface area contributed by atoms with Crippen LogP contribution in [0.25, 0.3) is 11.2 Å². The van der Waals surface area contributed by atoms with Crippen LogP contribution in [0.5, 0.6) is 0 Å². The summed E-state index contributed by atoms with van der Waals surface area (Å²) in [5, 5.41) is 2.97. The molecule has 0 spiro atoms. The third-order valence-corrected chi connectivity index (χ3v) is 4.76. The predicted molar refractivity (Wildman–Crippen MR) is 110 cm³/mol. The first-order valence-electron chi connectivity index (χ1n) is 9.56. The first kappa shape index (κ1) is 20.0. The summed E-state index contributed by atoms with van der Waals surface area (Å²) in [6, 6.07) is 1.96. The molecule has 1 aliphatic heterocycles. The first-order chi connectivity index (χ1) is 13.0. The number of nitrogens with one attached hydrogen (secondary N) is 2. The van der Waals surface area contributed by atoms with Crippen LogP contribution in [0.4, 0.5) is 16.3 Å². The fraction of sp³-hybridized carbons (Fsp3) is 0.632. The van der Waals surface area contributed by atoms with Crippen molar-refractivity contribution < 1.29 is 9.53 Å². The van der Waals surface area contributed by atoms with Gasteiger partial charge in [0.2, 0.25) is 0 Å². The van der Waals surface area contributed by atoms with Gasteiger partial charge in [0.15, 0.2) is 5.65 Å². The van der Waals surface area contributed by atoms with Gasteiger partial charge in [-0.25, -0.2) is 14.6 Å². The average Bonchev–Trinajstić information content (AvgIpc) is 2.87. The quantitative estimate of drug-likeness (QED) is 0.830. The van der Waals surface area contributed by atoms with Crippen LogP contribution < -0.4 is 20.8 Å². The molecule has 1 saturated heterocycles. The van der Waals surface area contributed by atoms with E-state index in [1.165, 1.54) is 4.57 Å². The highest BCUT2D eigenvalue weighted by Gasteiger charge is 2.26. The molecule has 3 rings (SSSR count). The van der Waals surface area contributed by atoms with E-state index in [0.717, 1.165) is 36.4 Å². The van der Waals surface area contributed by atoms with E-state index in [-0.39, 0.29) is 11.7 Å². The van der Waals surface area contributed by atoms with Crippen LogP contribution in [0.15, 0.2) is 10.9 Å². The van der Waals surface area contributed by atoms with Crippen molar-refractivity contribution >= 4 is 28.8 Å². The van der Waals surface area contributed by atoms with Gasteiger partial charge in [-0.05, 0) is 33.6 Å². The van der Waals surface area contributed by atoms with Crippen molar-refractivity contribution in [3.05, 3.63) is 16.6 Å². The second kappa shape index (κ2) is 7.37. The number of alkyl carbamates (subject to hydrolysis) is 1. The van der Waals surface area contributed by atoms with Gasteiger partial charge in [-0.1, -0.05) is 0 Å². The van der Waals surface area contributed by atoms with Crippen molar-refractivity contribution in [3.8, 4) is 0 Å². The summed E-state index contributed by atoms with van der Waals surface area (Å²) >= 11 is 0. The lowest BCUT2D eigenvalue weighted by atomic mass is 10.0. The van der Waals surface area contributed by atoms with Crippen LogP contribution >= 0.6 is 0 Å². The summed E-state index contributed by atoms with van der Waals surface area (Å²) in [5.74, 6) is 0.777. The molecule has 154 valence electrons. The maximum atomic E-state index is 12.2. The number of carbonyl (C=O) groups excluding carboxylic acids is 1. The fourth-order valence-electron chi connectivity index (χ4n) is 3.42. The molecule has 0 saturated carbocycles. The predicted octanol–water partition coefficient (Wildman–Crippen LogP) is 1.82. The summed E-state index contributed by atoms with van der Waals surface area (Å²) in [5.41, 5.74) is 1.53. The number of hydrogen-bond acceptors (Lipinski definition) is 6. The minimum Gasteiger partial charge on any atom is -0.444 e. The Balaban J connectivity index is 1.88. The first-order valence-corrected chi connectivity index (χ1v) is 9.56. The Morgan fingerprint density at radius 1 is 1.39 bits per heavy atom. The van der Waals surface area contributed by atoms with E-state index in [2.05, 4.69) is 20.2 Å². The number of rotatable bonds is 3. The van der Waals surface area contributed by atoms with Crippen LogP contribution in [-0.2, 0) is 11.8 Å². The highest BCUT2D eigenvalue weighted by Crippen LogP contribution is 2.29. The summed E-state index contributed by atoms with van der Waals surface area (Å²) < 4.78 is 6.91. The number of aromatic nitrogens is 3. The van der Waals surface area contributed by atoms with E-state index in [9.17, 15) is 9.59 Å². The van der Waals surface area contributed by atoms with Gasteiger partial charge < -0.3 is 24.8 Å². The molecule has 1 aliphatic rings. The number of fused-ring (bicyclic) bond motifs is 1. The van der Waals surface area contributed by atoms with Gasteiger partial charge >= 0.3 is 11.8 Å². The minimum absolute atomic E-state index is 0.0231. The second-order valence-electron chi connectivity index (χ2n) is 8.51. The van der Waals surface area contributed by atoms with Crippen molar-refractivity contribution in [2.24, 2.45) is 7.05 Å². The van der Waals surface area contributed by atoms with E-state index in [1.807, 2.05) is 45.8 Å². The Morgan fingerprint density at radius 3 is 2.75 bits per heavy atom. The molecule has 0 aromatic carbocycles. The Labute approximate surface area is 164 Å². The lowest BCUT2D eigenvalue weighted by Crippen LogP contribution is -2.49. The molecule has 9 heteroatoms. The van der Waals surface area contributed by atoms with E-state index >= 15 is 0 Å². The summed E-state index contributed by atoms with van der Waals surface area (Å²) in [4.78, 5) is 35.9. The number of amides is 1. The molecule has 0 bridgehead atoms. The van der Waals surface area contributed by atoms with Crippen LogP contribution in [0.2, 0.25) is 0 Å². The number of H-pyrrole nitrogens is 1. The average molecular weight is 390 g/mol. The van der Waals surface area contributed by atoms with Gasteiger partial charge in [0.25, 0.3) is 0 Å². The molecule has 28 heavy (non-hydrogen) atoms. The van der Waals surface area contributed by atoms with Gasteiger partial charge in [0, 0.05) is 46.3 Å². The van der Waals surface area contributed by atoms with Crippen LogP contribution in [0, 0.1) is 0 Å². The molecule has 2 aromatic rings. The lowest BCUT2D eigenvalue weighted by molar-refractivity contribution is 0.0500. The largest absolute Gasteiger partial charge is 0.444 e. The molecule has 1 fully saturated rings. The SMILES string of the molecule is CN(C)c1cc(N2CCCC(NC(=O)OC(C)(C)C)C2)c2[nH]c(=O)n(C)c2n1. The van der Waals surface area contributed by atoms with Crippen molar-refractivity contribution in [3.63, 3.8) is 0 Å². The Morgan fingerprint density at radius 2 is 2.11 bits per heavy atom. The van der Waals surface area contributed by atoms with Gasteiger partial charge in [-0.15, -0.1) is 0 Å². The van der Waals surface area contributed by atoms with Crippen LogP contribution in [0.1, 0.15) is 33.6 Å². The van der Waals surface area contributed by atoms with E-state index in [4.69, 9.17) is 4.74 Å². The van der Waals surface area contributed by atoms with Gasteiger partial charge in [0.05, 0.1) is 5.69 Å². The fourth-order valence-corrected chi connectivity index (χ4v) is 3.42. The van der Waals surface area contributed by atoms with Crippen LogP contribution in [0.3, 0.4) is 0 Å². The van der Waals surface area contributed by atoms with Gasteiger partial charge in [-0.3, -0.25) is 4.57 Å². The number of anilines is 2. The monoisotopic (exact) mass is 390 g/mol. The van der Waals surface area contributed by atoms with Gasteiger partial charge in [0.1, 0.15) is 16.9 Å². The molecule has 3 heterocycles. The number of hydrogen-bond donors (Lipinski definition) is 2. The van der Waals surface area contributed by atoms with Crippen molar-refractivity contribution in [2.75, 3.05) is 37.0 Å². The lowest BCUT2D eigenvalue weighted by Gasteiger charge is -2.35. The zero-order valence-corrected chi connectivity index (χ0v) is 17.5. The van der Waals surface area contributed by atoms with E-state index in [0.29, 0.717) is 12.2 Å². The maximum Gasteiger partial charge on any atom is 0.407 e. The molecule has 2 aromatic heterocycles. The number of piperidine rings is 1. The molecule has 9 nitrogen and oxygen atoms in total. The third kappa shape index (κ3) is 4.23. The van der Waals surface area contributed by atoms with E-state index in [1.54, 1.807) is 7.05 Å². The normalized spacial score (nSPS) is 17.6. The Hall–Kier alpha value is -2.71. The number of carbonyl (C=O) groups is 1. The molecule has 1 amide bonds. The minimum atomic E-state index is -0.528. The molecule has 2 N–H and O–H groups in total. The van der Waals surface area contributed by atoms with Crippen LogP contribution in [-0.4, -0.2) is 59.5 Å². The topological polar surface area (TPSA) is 95.5 Å². The zero-order chi connectivity index (χ0) is 20.6. The van der Waals surface area contributed by atoms with Crippen molar-refractivity contribution in [2.45, 2.75) is 45.3 Å². The number of aromatic amines is 1. The number of aryl methyl sites for hydroxylation is 1. The number of ether oxygens (including phenoxy) is 1. The Bertz CT molecular complexity index is 924. The number of nitrogens with zero attached hydrogens (tertiary/aromatic N) is 4. The molecule has 1 atom stereocenters. The van der Waals surface area contributed by atoms with E-state index < -0.39 is 11.7 Å². The molecule has 0 radical (unpaired) electrons. The summed E-state index contributed by atoms with van der Waals surface area (Å²) in [6.45, 7) is 7.03.